The van der Waals surface area contributed by atoms with Crippen LogP contribution in [0.3, 0.4) is 0 Å². The molecular formula is C13H22ClN3. The van der Waals surface area contributed by atoms with Crippen molar-refractivity contribution in [3.05, 3.63) is 16.4 Å². The van der Waals surface area contributed by atoms with Gasteiger partial charge in [0, 0.05) is 13.1 Å². The van der Waals surface area contributed by atoms with E-state index in [0.29, 0.717) is 12.0 Å². The van der Waals surface area contributed by atoms with Gasteiger partial charge < -0.3 is 5.73 Å². The van der Waals surface area contributed by atoms with Crippen LogP contribution in [0.4, 0.5) is 0 Å². The summed E-state index contributed by atoms with van der Waals surface area (Å²) in [5, 5.41) is 5.18. The van der Waals surface area contributed by atoms with Crippen LogP contribution in [0.1, 0.15) is 37.6 Å². The average Bonchev–Trinajstić information content (AvgIpc) is 2.50. The SMILES string of the molecule is Cc1nn(C)c(CC2CC(C)CCC2N)c1Cl. The monoisotopic (exact) mass is 255 g/mol. The second kappa shape index (κ2) is 4.99. The van der Waals surface area contributed by atoms with Crippen molar-refractivity contribution >= 4 is 11.6 Å². The van der Waals surface area contributed by atoms with Crippen LogP contribution in [0.15, 0.2) is 0 Å². The quantitative estimate of drug-likeness (QED) is 0.883. The molecule has 3 atom stereocenters. The molecule has 2 rings (SSSR count). The van der Waals surface area contributed by atoms with Crippen molar-refractivity contribution in [2.24, 2.45) is 24.6 Å². The fourth-order valence-electron chi connectivity index (χ4n) is 2.91. The number of rotatable bonds is 2. The lowest BCUT2D eigenvalue weighted by Gasteiger charge is -2.32. The summed E-state index contributed by atoms with van der Waals surface area (Å²) in [6.07, 6.45) is 4.57. The largest absolute Gasteiger partial charge is 0.327 e. The molecule has 2 N–H and O–H groups in total. The predicted octanol–water partition coefficient (Wildman–Crippen LogP) is 2.69. The van der Waals surface area contributed by atoms with Gasteiger partial charge in [0.05, 0.1) is 16.4 Å². The number of aryl methyl sites for hydroxylation is 2. The first kappa shape index (κ1) is 12.9. The maximum Gasteiger partial charge on any atom is 0.0847 e. The summed E-state index contributed by atoms with van der Waals surface area (Å²) in [5.74, 6) is 1.33. The Morgan fingerprint density at radius 3 is 2.76 bits per heavy atom. The summed E-state index contributed by atoms with van der Waals surface area (Å²) in [6, 6.07) is 0.317. The molecule has 4 heteroatoms. The molecule has 96 valence electrons. The molecule has 1 fully saturated rings. The fourth-order valence-corrected chi connectivity index (χ4v) is 3.14. The molecule has 1 saturated carbocycles. The van der Waals surface area contributed by atoms with Crippen molar-refractivity contribution in [2.75, 3.05) is 0 Å². The van der Waals surface area contributed by atoms with E-state index in [1.54, 1.807) is 0 Å². The molecule has 1 aromatic rings. The van der Waals surface area contributed by atoms with Gasteiger partial charge in [-0.2, -0.15) is 5.10 Å². The average molecular weight is 256 g/mol. The number of halogens is 1. The minimum absolute atomic E-state index is 0.317. The Hall–Kier alpha value is -0.540. The van der Waals surface area contributed by atoms with Gasteiger partial charge in [0.15, 0.2) is 0 Å². The minimum atomic E-state index is 0.317. The van der Waals surface area contributed by atoms with Gasteiger partial charge in [0.25, 0.3) is 0 Å². The first-order chi connectivity index (χ1) is 7.99. The molecule has 1 aromatic heterocycles. The molecule has 0 aromatic carbocycles. The molecule has 1 heterocycles. The lowest BCUT2D eigenvalue weighted by molar-refractivity contribution is 0.242. The zero-order valence-electron chi connectivity index (χ0n) is 10.9. The highest BCUT2D eigenvalue weighted by atomic mass is 35.5. The lowest BCUT2D eigenvalue weighted by Crippen LogP contribution is -2.37. The summed E-state index contributed by atoms with van der Waals surface area (Å²) < 4.78 is 1.91. The van der Waals surface area contributed by atoms with Crippen LogP contribution < -0.4 is 5.73 Å². The molecular weight excluding hydrogens is 234 g/mol. The molecule has 3 nitrogen and oxygen atoms in total. The number of hydrogen-bond donors (Lipinski definition) is 1. The summed E-state index contributed by atoms with van der Waals surface area (Å²) >= 11 is 6.29. The van der Waals surface area contributed by atoms with E-state index in [2.05, 4.69) is 12.0 Å². The van der Waals surface area contributed by atoms with E-state index in [0.717, 1.165) is 35.2 Å². The van der Waals surface area contributed by atoms with Gasteiger partial charge in [-0.3, -0.25) is 4.68 Å². The van der Waals surface area contributed by atoms with Crippen molar-refractivity contribution in [3.63, 3.8) is 0 Å². The highest BCUT2D eigenvalue weighted by molar-refractivity contribution is 6.31. The van der Waals surface area contributed by atoms with Crippen molar-refractivity contribution in [3.8, 4) is 0 Å². The van der Waals surface area contributed by atoms with E-state index in [4.69, 9.17) is 17.3 Å². The van der Waals surface area contributed by atoms with Crippen LogP contribution in [-0.4, -0.2) is 15.8 Å². The second-order valence-corrected chi connectivity index (χ2v) is 5.89. The summed E-state index contributed by atoms with van der Waals surface area (Å²) in [5.41, 5.74) is 8.28. The molecule has 0 saturated heterocycles. The lowest BCUT2D eigenvalue weighted by atomic mass is 9.77. The van der Waals surface area contributed by atoms with Gasteiger partial charge in [-0.1, -0.05) is 18.5 Å². The molecule has 0 radical (unpaired) electrons. The third-order valence-corrected chi connectivity index (χ3v) is 4.51. The van der Waals surface area contributed by atoms with E-state index < -0.39 is 0 Å². The van der Waals surface area contributed by atoms with Crippen molar-refractivity contribution < 1.29 is 0 Å². The van der Waals surface area contributed by atoms with Gasteiger partial charge in [0.2, 0.25) is 0 Å². The minimum Gasteiger partial charge on any atom is -0.327 e. The number of nitrogens with two attached hydrogens (primary N) is 1. The van der Waals surface area contributed by atoms with Crippen molar-refractivity contribution in [2.45, 2.75) is 45.6 Å². The van der Waals surface area contributed by atoms with E-state index in [1.165, 1.54) is 12.8 Å². The van der Waals surface area contributed by atoms with Crippen molar-refractivity contribution in [1.29, 1.82) is 0 Å². The summed E-state index contributed by atoms with van der Waals surface area (Å²) in [4.78, 5) is 0. The highest BCUT2D eigenvalue weighted by Crippen LogP contribution is 2.32. The highest BCUT2D eigenvalue weighted by Gasteiger charge is 2.28. The first-order valence-corrected chi connectivity index (χ1v) is 6.80. The Morgan fingerprint density at radius 2 is 2.18 bits per heavy atom. The van der Waals surface area contributed by atoms with Crippen LogP contribution in [0.25, 0.3) is 0 Å². The topological polar surface area (TPSA) is 43.8 Å². The summed E-state index contributed by atoms with van der Waals surface area (Å²) in [7, 11) is 1.96. The van der Waals surface area contributed by atoms with Crippen LogP contribution in [0, 0.1) is 18.8 Å². The normalized spacial score (nSPS) is 29.6. The number of aromatic nitrogens is 2. The van der Waals surface area contributed by atoms with Gasteiger partial charge in [0.1, 0.15) is 0 Å². The van der Waals surface area contributed by atoms with E-state index in [-0.39, 0.29) is 0 Å². The standard InChI is InChI=1S/C13H22ClN3/c1-8-4-5-11(15)10(6-8)7-12-13(14)9(2)16-17(12)3/h8,10-11H,4-7,15H2,1-3H3. The maximum absolute atomic E-state index is 6.29. The predicted molar refractivity (Wildman–Crippen MR) is 71.1 cm³/mol. The first-order valence-electron chi connectivity index (χ1n) is 6.42. The Labute approximate surface area is 108 Å². The van der Waals surface area contributed by atoms with Crippen molar-refractivity contribution in [1.82, 2.24) is 9.78 Å². The molecule has 1 aliphatic rings. The Morgan fingerprint density at radius 1 is 1.47 bits per heavy atom. The van der Waals surface area contributed by atoms with Gasteiger partial charge in [-0.15, -0.1) is 0 Å². The Kier molecular flexibility index (Phi) is 3.79. The number of nitrogens with zero attached hydrogens (tertiary/aromatic N) is 2. The number of hydrogen-bond acceptors (Lipinski definition) is 2. The zero-order valence-corrected chi connectivity index (χ0v) is 11.7. The maximum atomic E-state index is 6.29. The third kappa shape index (κ3) is 2.66. The summed E-state index contributed by atoms with van der Waals surface area (Å²) in [6.45, 7) is 4.27. The molecule has 1 aliphatic carbocycles. The van der Waals surface area contributed by atoms with Gasteiger partial charge in [-0.05, 0) is 44.4 Å². The Balaban J connectivity index is 2.14. The fraction of sp³-hybridized carbons (Fsp3) is 0.769. The van der Waals surface area contributed by atoms with E-state index in [1.807, 2.05) is 18.7 Å². The molecule has 0 aliphatic heterocycles. The molecule has 0 amide bonds. The van der Waals surface area contributed by atoms with E-state index in [9.17, 15) is 0 Å². The van der Waals surface area contributed by atoms with Gasteiger partial charge in [-0.25, -0.2) is 0 Å². The molecule has 17 heavy (non-hydrogen) atoms. The zero-order chi connectivity index (χ0) is 12.6. The molecule has 0 spiro atoms. The smallest absolute Gasteiger partial charge is 0.0847 e. The second-order valence-electron chi connectivity index (χ2n) is 5.52. The van der Waals surface area contributed by atoms with Crippen LogP contribution >= 0.6 is 11.6 Å². The van der Waals surface area contributed by atoms with E-state index >= 15 is 0 Å². The molecule has 3 unspecified atom stereocenters. The Bertz CT molecular complexity index is 400. The van der Waals surface area contributed by atoms with Crippen LogP contribution in [-0.2, 0) is 13.5 Å². The van der Waals surface area contributed by atoms with Crippen LogP contribution in [0.5, 0.6) is 0 Å². The third-order valence-electron chi connectivity index (χ3n) is 4.02. The molecule has 0 bridgehead atoms. The van der Waals surface area contributed by atoms with Crippen LogP contribution in [0.2, 0.25) is 5.02 Å². The van der Waals surface area contributed by atoms with Gasteiger partial charge >= 0.3 is 0 Å².